The van der Waals surface area contributed by atoms with Crippen molar-refractivity contribution < 1.29 is 0 Å². The third-order valence-electron chi connectivity index (χ3n) is 2.29. The molecule has 15 heavy (non-hydrogen) atoms. The Hall–Kier alpha value is -1.45. The van der Waals surface area contributed by atoms with E-state index in [9.17, 15) is 4.91 Å². The average molecular weight is 207 g/mol. The first-order valence-corrected chi connectivity index (χ1v) is 5.19. The summed E-state index contributed by atoms with van der Waals surface area (Å²) in [6.07, 6.45) is 3.04. The Morgan fingerprint density at radius 2 is 2.13 bits per heavy atom. The molecule has 1 heterocycles. The second-order valence-corrected chi connectivity index (χ2v) is 3.74. The Balaban J connectivity index is 2.93. The predicted molar refractivity (Wildman–Crippen MR) is 62.6 cm³/mol. The van der Waals surface area contributed by atoms with Gasteiger partial charge in [-0.15, -0.1) is 4.91 Å². The largest absolute Gasteiger partial charge is 0.363 e. The average Bonchev–Trinajstić information content (AvgIpc) is 2.25. The Morgan fingerprint density at radius 1 is 1.40 bits per heavy atom. The number of hydrogen-bond acceptors (Lipinski definition) is 4. The van der Waals surface area contributed by atoms with Crippen LogP contribution < -0.4 is 4.90 Å². The second-order valence-electron chi connectivity index (χ2n) is 3.74. The fourth-order valence-corrected chi connectivity index (χ4v) is 1.36. The molecule has 0 aliphatic rings. The van der Waals surface area contributed by atoms with E-state index < -0.39 is 0 Å². The molecule has 1 aromatic rings. The molecule has 0 fully saturated rings. The fraction of sp³-hybridized carbons (Fsp3) is 0.545. The van der Waals surface area contributed by atoms with Crippen LogP contribution in [0.2, 0.25) is 0 Å². The summed E-state index contributed by atoms with van der Waals surface area (Å²) in [5.74, 6) is 1.10. The molecule has 0 bridgehead atoms. The van der Waals surface area contributed by atoms with Crippen LogP contribution in [-0.2, 0) is 6.42 Å². The van der Waals surface area contributed by atoms with Crippen LogP contribution in [0.1, 0.15) is 25.3 Å². The van der Waals surface area contributed by atoms with E-state index in [1.54, 1.807) is 0 Å². The molecule has 0 spiro atoms. The maximum Gasteiger partial charge on any atom is 0.201 e. The van der Waals surface area contributed by atoms with Crippen LogP contribution in [-0.4, -0.2) is 19.1 Å². The van der Waals surface area contributed by atoms with Gasteiger partial charge in [-0.3, -0.25) is 0 Å². The number of anilines is 1. The molecule has 0 unspecified atom stereocenters. The van der Waals surface area contributed by atoms with Gasteiger partial charge in [0.25, 0.3) is 0 Å². The van der Waals surface area contributed by atoms with Crippen molar-refractivity contribution in [3.05, 3.63) is 22.6 Å². The first kappa shape index (κ1) is 11.6. The zero-order valence-electron chi connectivity index (χ0n) is 9.53. The zero-order chi connectivity index (χ0) is 11.3. The van der Waals surface area contributed by atoms with Gasteiger partial charge in [-0.25, -0.2) is 4.98 Å². The van der Waals surface area contributed by atoms with E-state index >= 15 is 0 Å². The number of pyridine rings is 1. The standard InChI is InChI=1S/C11H17N3O/c1-4-5-6-9-7-8-10(14(2)3)12-11(9)13-15/h7-8H,4-6H2,1-3H3. The maximum atomic E-state index is 10.6. The maximum absolute atomic E-state index is 10.6. The quantitative estimate of drug-likeness (QED) is 0.697. The van der Waals surface area contributed by atoms with Gasteiger partial charge in [0.15, 0.2) is 0 Å². The zero-order valence-corrected chi connectivity index (χ0v) is 9.53. The first-order chi connectivity index (χ1) is 7.19. The van der Waals surface area contributed by atoms with Crippen LogP contribution >= 0.6 is 0 Å². The van der Waals surface area contributed by atoms with Gasteiger partial charge < -0.3 is 4.90 Å². The number of aryl methyl sites for hydroxylation is 1. The number of rotatable bonds is 5. The summed E-state index contributed by atoms with van der Waals surface area (Å²) >= 11 is 0. The molecule has 4 nitrogen and oxygen atoms in total. The minimum absolute atomic E-state index is 0.328. The number of nitroso groups, excluding NO2 is 1. The lowest BCUT2D eigenvalue weighted by Gasteiger charge is -2.12. The lowest BCUT2D eigenvalue weighted by atomic mass is 10.1. The first-order valence-electron chi connectivity index (χ1n) is 5.19. The summed E-state index contributed by atoms with van der Waals surface area (Å²) in [6, 6.07) is 3.86. The molecular weight excluding hydrogens is 190 g/mol. The third-order valence-corrected chi connectivity index (χ3v) is 2.29. The highest BCUT2D eigenvalue weighted by Crippen LogP contribution is 2.21. The van der Waals surface area contributed by atoms with Gasteiger partial charge in [0, 0.05) is 19.7 Å². The SMILES string of the molecule is CCCCc1ccc(N(C)C)nc1N=O. The third kappa shape index (κ3) is 3.01. The van der Waals surface area contributed by atoms with Gasteiger partial charge in [-0.2, -0.15) is 0 Å². The molecule has 1 rings (SSSR count). The highest BCUT2D eigenvalue weighted by atomic mass is 16.3. The van der Waals surface area contributed by atoms with Crippen molar-refractivity contribution in [3.8, 4) is 0 Å². The molecule has 0 saturated heterocycles. The van der Waals surface area contributed by atoms with E-state index in [1.165, 1.54) is 0 Å². The van der Waals surface area contributed by atoms with Crippen LogP contribution in [0.5, 0.6) is 0 Å². The summed E-state index contributed by atoms with van der Waals surface area (Å²) < 4.78 is 0. The molecule has 1 aromatic heterocycles. The number of hydrogen-bond donors (Lipinski definition) is 0. The second kappa shape index (κ2) is 5.44. The molecule has 82 valence electrons. The molecule has 0 aliphatic carbocycles. The van der Waals surface area contributed by atoms with E-state index in [0.29, 0.717) is 5.82 Å². The topological polar surface area (TPSA) is 45.6 Å². The van der Waals surface area contributed by atoms with Crippen LogP contribution in [0.3, 0.4) is 0 Å². The monoisotopic (exact) mass is 207 g/mol. The summed E-state index contributed by atoms with van der Waals surface area (Å²) in [5.41, 5.74) is 0.942. The van der Waals surface area contributed by atoms with Gasteiger partial charge in [0.2, 0.25) is 5.82 Å². The van der Waals surface area contributed by atoms with Crippen molar-refractivity contribution in [2.45, 2.75) is 26.2 Å². The Morgan fingerprint density at radius 3 is 2.67 bits per heavy atom. The molecule has 0 amide bonds. The van der Waals surface area contributed by atoms with Crippen LogP contribution in [0.25, 0.3) is 0 Å². The van der Waals surface area contributed by atoms with E-state index in [0.717, 1.165) is 30.6 Å². The molecular formula is C11H17N3O. The minimum atomic E-state index is 0.328. The van der Waals surface area contributed by atoms with Gasteiger partial charge in [0.1, 0.15) is 5.82 Å². The Bertz CT molecular complexity index is 337. The summed E-state index contributed by atoms with van der Waals surface area (Å²) in [7, 11) is 3.78. The van der Waals surface area contributed by atoms with Crippen molar-refractivity contribution in [3.63, 3.8) is 0 Å². The molecule has 0 N–H and O–H groups in total. The van der Waals surface area contributed by atoms with Gasteiger partial charge in [-0.05, 0) is 24.1 Å². The van der Waals surface area contributed by atoms with Crippen molar-refractivity contribution in [1.82, 2.24) is 4.98 Å². The highest BCUT2D eigenvalue weighted by Gasteiger charge is 2.06. The molecule has 0 aromatic carbocycles. The summed E-state index contributed by atoms with van der Waals surface area (Å²) in [4.78, 5) is 16.7. The number of unbranched alkanes of at least 4 members (excludes halogenated alkanes) is 1. The highest BCUT2D eigenvalue weighted by molar-refractivity contribution is 5.48. The van der Waals surface area contributed by atoms with Crippen molar-refractivity contribution in [2.75, 3.05) is 19.0 Å². The van der Waals surface area contributed by atoms with Crippen LogP contribution in [0, 0.1) is 4.91 Å². The van der Waals surface area contributed by atoms with E-state index in [2.05, 4.69) is 17.1 Å². The number of aromatic nitrogens is 1. The van der Waals surface area contributed by atoms with Crippen molar-refractivity contribution in [2.24, 2.45) is 5.18 Å². The van der Waals surface area contributed by atoms with Crippen LogP contribution in [0.15, 0.2) is 17.3 Å². The number of nitrogens with zero attached hydrogens (tertiary/aromatic N) is 3. The smallest absolute Gasteiger partial charge is 0.201 e. The molecule has 4 heteroatoms. The molecule has 0 radical (unpaired) electrons. The molecule has 0 aliphatic heterocycles. The van der Waals surface area contributed by atoms with E-state index in [1.807, 2.05) is 31.1 Å². The van der Waals surface area contributed by atoms with E-state index in [4.69, 9.17) is 0 Å². The lowest BCUT2D eigenvalue weighted by Crippen LogP contribution is -2.10. The summed E-state index contributed by atoms with van der Waals surface area (Å²) in [6.45, 7) is 2.12. The minimum Gasteiger partial charge on any atom is -0.363 e. The lowest BCUT2D eigenvalue weighted by molar-refractivity contribution is 0.792. The van der Waals surface area contributed by atoms with Gasteiger partial charge in [0.05, 0.1) is 0 Å². The van der Waals surface area contributed by atoms with Crippen molar-refractivity contribution in [1.29, 1.82) is 0 Å². The van der Waals surface area contributed by atoms with Gasteiger partial charge in [-0.1, -0.05) is 19.4 Å². The fourth-order valence-electron chi connectivity index (χ4n) is 1.36. The Kier molecular flexibility index (Phi) is 4.21. The van der Waals surface area contributed by atoms with Crippen LogP contribution in [0.4, 0.5) is 11.6 Å². The van der Waals surface area contributed by atoms with E-state index in [-0.39, 0.29) is 0 Å². The van der Waals surface area contributed by atoms with Crippen molar-refractivity contribution >= 4 is 11.6 Å². The Labute approximate surface area is 90.3 Å². The predicted octanol–water partition coefficient (Wildman–Crippen LogP) is 2.89. The molecule has 0 atom stereocenters. The summed E-state index contributed by atoms with van der Waals surface area (Å²) in [5, 5.41) is 2.98. The van der Waals surface area contributed by atoms with Gasteiger partial charge >= 0.3 is 0 Å². The molecule has 0 saturated carbocycles. The normalized spacial score (nSPS) is 10.1.